The van der Waals surface area contributed by atoms with Crippen molar-refractivity contribution in [3.63, 3.8) is 0 Å². The van der Waals surface area contributed by atoms with Gasteiger partial charge in [-0.25, -0.2) is 13.4 Å². The predicted octanol–water partition coefficient (Wildman–Crippen LogP) is 1.10. The van der Waals surface area contributed by atoms with Gasteiger partial charge in [0.1, 0.15) is 10.6 Å². The zero-order valence-electron chi connectivity index (χ0n) is 12.9. The van der Waals surface area contributed by atoms with Crippen LogP contribution in [0.3, 0.4) is 0 Å². The summed E-state index contributed by atoms with van der Waals surface area (Å²) in [6.45, 7) is 2.70. The zero-order valence-corrected chi connectivity index (χ0v) is 13.8. The summed E-state index contributed by atoms with van der Waals surface area (Å²) in [4.78, 5) is 6.47. The highest BCUT2D eigenvalue weighted by Gasteiger charge is 2.52. The predicted molar refractivity (Wildman–Crippen MR) is 85.4 cm³/mol. The largest absolute Gasteiger partial charge is 0.383 e. The van der Waals surface area contributed by atoms with E-state index in [-0.39, 0.29) is 0 Å². The first-order valence-electron chi connectivity index (χ1n) is 7.74. The number of pyridine rings is 1. The van der Waals surface area contributed by atoms with E-state index in [0.29, 0.717) is 45.6 Å². The maximum absolute atomic E-state index is 12.9. The van der Waals surface area contributed by atoms with Crippen molar-refractivity contribution in [3.8, 4) is 0 Å². The second-order valence-electron chi connectivity index (χ2n) is 6.05. The third kappa shape index (κ3) is 2.61. The monoisotopic (exact) mass is 325 g/mol. The minimum atomic E-state index is -3.29. The molecule has 1 saturated heterocycles. The van der Waals surface area contributed by atoms with Crippen LogP contribution in [0.4, 0.5) is 5.82 Å². The van der Waals surface area contributed by atoms with E-state index in [4.69, 9.17) is 4.74 Å². The molecule has 3 rings (SSSR count). The first kappa shape index (κ1) is 15.7. The van der Waals surface area contributed by atoms with Gasteiger partial charge in [-0.3, -0.25) is 0 Å². The number of rotatable bonds is 5. The molecule has 0 N–H and O–H groups in total. The van der Waals surface area contributed by atoms with Crippen molar-refractivity contribution in [2.75, 3.05) is 44.8 Å². The van der Waals surface area contributed by atoms with E-state index in [2.05, 4.69) is 9.88 Å². The Bertz CT molecular complexity index is 594. The Morgan fingerprint density at radius 3 is 2.45 bits per heavy atom. The maximum atomic E-state index is 12.9. The molecule has 0 amide bonds. The van der Waals surface area contributed by atoms with E-state index >= 15 is 0 Å². The van der Waals surface area contributed by atoms with Crippen LogP contribution in [-0.2, 0) is 14.8 Å². The number of ether oxygens (including phenoxy) is 1. The molecule has 1 aromatic rings. The number of aromatic nitrogens is 1. The quantitative estimate of drug-likeness (QED) is 0.811. The number of methoxy groups -OCH3 is 1. The van der Waals surface area contributed by atoms with Gasteiger partial charge in [0.15, 0.2) is 0 Å². The van der Waals surface area contributed by atoms with Gasteiger partial charge in [-0.15, -0.1) is 0 Å². The van der Waals surface area contributed by atoms with Crippen LogP contribution in [0.15, 0.2) is 24.4 Å². The average molecular weight is 325 g/mol. The van der Waals surface area contributed by atoms with Crippen LogP contribution >= 0.6 is 0 Å². The van der Waals surface area contributed by atoms with Crippen LogP contribution < -0.4 is 4.90 Å². The lowest BCUT2D eigenvalue weighted by atomic mass is 9.85. The zero-order chi connectivity index (χ0) is 15.6. The minimum absolute atomic E-state index is 0.301. The number of nitrogens with zero attached hydrogens (tertiary/aromatic N) is 3. The Morgan fingerprint density at radius 1 is 1.23 bits per heavy atom. The molecule has 1 aliphatic heterocycles. The molecule has 0 aromatic carbocycles. The highest BCUT2D eigenvalue weighted by Crippen LogP contribution is 2.41. The van der Waals surface area contributed by atoms with Crippen LogP contribution in [0.2, 0.25) is 0 Å². The average Bonchev–Trinajstić information content (AvgIpc) is 2.51. The first-order chi connectivity index (χ1) is 10.6. The van der Waals surface area contributed by atoms with E-state index in [1.165, 1.54) is 0 Å². The first-order valence-corrected chi connectivity index (χ1v) is 9.18. The van der Waals surface area contributed by atoms with Crippen LogP contribution in [0.1, 0.15) is 19.3 Å². The van der Waals surface area contributed by atoms with Crippen molar-refractivity contribution in [1.29, 1.82) is 0 Å². The van der Waals surface area contributed by atoms with Crippen LogP contribution in [0, 0.1) is 0 Å². The molecule has 2 fully saturated rings. The molecular weight excluding hydrogens is 302 g/mol. The number of hydrogen-bond acceptors (Lipinski definition) is 5. The lowest BCUT2D eigenvalue weighted by Crippen LogP contribution is -2.59. The Balaban J connectivity index is 1.68. The Morgan fingerprint density at radius 2 is 1.95 bits per heavy atom. The van der Waals surface area contributed by atoms with E-state index in [0.717, 1.165) is 12.2 Å². The number of sulfonamides is 1. The fraction of sp³-hybridized carbons (Fsp3) is 0.667. The summed E-state index contributed by atoms with van der Waals surface area (Å²) in [5, 5.41) is 0. The van der Waals surface area contributed by atoms with E-state index < -0.39 is 14.8 Å². The Labute approximate surface area is 132 Å². The van der Waals surface area contributed by atoms with E-state index in [9.17, 15) is 8.42 Å². The maximum Gasteiger partial charge on any atom is 0.222 e. The summed E-state index contributed by atoms with van der Waals surface area (Å²) in [6.07, 6.45) is 4.16. The summed E-state index contributed by atoms with van der Waals surface area (Å²) in [5.74, 6) is 0.912. The van der Waals surface area contributed by atoms with Crippen molar-refractivity contribution >= 4 is 15.8 Å². The molecule has 122 valence electrons. The van der Waals surface area contributed by atoms with Crippen molar-refractivity contribution in [2.45, 2.75) is 24.0 Å². The second kappa shape index (κ2) is 6.14. The molecule has 2 aliphatic rings. The number of piperazine rings is 1. The van der Waals surface area contributed by atoms with E-state index in [1.807, 2.05) is 18.2 Å². The summed E-state index contributed by atoms with van der Waals surface area (Å²) < 4.78 is 32.0. The highest BCUT2D eigenvalue weighted by molar-refractivity contribution is 7.90. The SMILES string of the molecule is COCC1(S(=O)(=O)N2CCN(c3ccccn3)CC2)CCC1. The van der Waals surface area contributed by atoms with Gasteiger partial charge >= 0.3 is 0 Å². The van der Waals surface area contributed by atoms with Crippen LogP contribution in [0.5, 0.6) is 0 Å². The minimum Gasteiger partial charge on any atom is -0.383 e. The summed E-state index contributed by atoms with van der Waals surface area (Å²) in [7, 11) is -1.72. The van der Waals surface area contributed by atoms with Gasteiger partial charge in [0.05, 0.1) is 6.61 Å². The molecule has 0 atom stereocenters. The number of hydrogen-bond donors (Lipinski definition) is 0. The van der Waals surface area contributed by atoms with Crippen molar-refractivity contribution in [2.24, 2.45) is 0 Å². The molecule has 22 heavy (non-hydrogen) atoms. The van der Waals surface area contributed by atoms with Crippen LogP contribution in [-0.4, -0.2) is 62.3 Å². The summed E-state index contributed by atoms with van der Waals surface area (Å²) >= 11 is 0. The van der Waals surface area contributed by atoms with Gasteiger partial charge in [0, 0.05) is 39.5 Å². The molecule has 1 saturated carbocycles. The third-order valence-electron chi connectivity index (χ3n) is 4.77. The molecule has 0 spiro atoms. The standard InChI is InChI=1S/C15H23N3O3S/c1-21-13-15(6-4-7-15)22(19,20)18-11-9-17(10-12-18)14-5-2-3-8-16-14/h2-3,5,8H,4,6-7,9-13H2,1H3. The number of anilines is 1. The van der Waals surface area contributed by atoms with Crippen LogP contribution in [0.25, 0.3) is 0 Å². The molecule has 0 radical (unpaired) electrons. The topological polar surface area (TPSA) is 62.7 Å². The fourth-order valence-corrected chi connectivity index (χ4v) is 5.55. The summed E-state index contributed by atoms with van der Waals surface area (Å²) in [5.41, 5.74) is 0. The smallest absolute Gasteiger partial charge is 0.222 e. The lowest BCUT2D eigenvalue weighted by molar-refractivity contribution is 0.122. The molecule has 1 aliphatic carbocycles. The van der Waals surface area contributed by atoms with Gasteiger partial charge in [0.25, 0.3) is 0 Å². The molecule has 7 heteroatoms. The highest BCUT2D eigenvalue weighted by atomic mass is 32.2. The Hall–Kier alpha value is -1.18. The third-order valence-corrected chi connectivity index (χ3v) is 7.44. The van der Waals surface area contributed by atoms with E-state index in [1.54, 1.807) is 17.6 Å². The Kier molecular flexibility index (Phi) is 4.38. The van der Waals surface area contributed by atoms with Gasteiger partial charge in [-0.2, -0.15) is 4.31 Å². The normalized spacial score (nSPS) is 22.3. The van der Waals surface area contributed by atoms with Gasteiger partial charge < -0.3 is 9.64 Å². The van der Waals surface area contributed by atoms with Gasteiger partial charge in [-0.1, -0.05) is 12.5 Å². The molecule has 1 aromatic heterocycles. The van der Waals surface area contributed by atoms with Crippen molar-refractivity contribution in [1.82, 2.24) is 9.29 Å². The summed E-state index contributed by atoms with van der Waals surface area (Å²) in [6, 6.07) is 5.80. The fourth-order valence-electron chi connectivity index (χ4n) is 3.28. The van der Waals surface area contributed by atoms with Crippen molar-refractivity contribution < 1.29 is 13.2 Å². The lowest BCUT2D eigenvalue weighted by Gasteiger charge is -2.45. The molecule has 6 nitrogen and oxygen atoms in total. The molecule has 0 unspecified atom stereocenters. The van der Waals surface area contributed by atoms with Gasteiger partial charge in [-0.05, 0) is 25.0 Å². The van der Waals surface area contributed by atoms with Gasteiger partial charge in [0.2, 0.25) is 10.0 Å². The molecule has 2 heterocycles. The second-order valence-corrected chi connectivity index (χ2v) is 8.38. The molecular formula is C15H23N3O3S. The van der Waals surface area contributed by atoms with Crippen molar-refractivity contribution in [3.05, 3.63) is 24.4 Å². The molecule has 0 bridgehead atoms.